The number of hydrogen-bond acceptors (Lipinski definition) is 6. The van der Waals surface area contributed by atoms with Gasteiger partial charge >= 0.3 is 16.1 Å². The fourth-order valence-electron chi connectivity index (χ4n) is 2.43. The van der Waals surface area contributed by atoms with Gasteiger partial charge in [-0.3, -0.25) is 4.79 Å². The van der Waals surface area contributed by atoms with Gasteiger partial charge in [-0.1, -0.05) is 30.3 Å². The van der Waals surface area contributed by atoms with Crippen molar-refractivity contribution < 1.29 is 26.6 Å². The Morgan fingerprint density at radius 2 is 1.81 bits per heavy atom. The number of benzene rings is 2. The van der Waals surface area contributed by atoms with Gasteiger partial charge in [0.2, 0.25) is 5.78 Å². The van der Waals surface area contributed by atoms with E-state index in [1.165, 1.54) is 18.2 Å². The van der Waals surface area contributed by atoms with Crippen molar-refractivity contribution in [2.75, 3.05) is 11.6 Å². The SMILES string of the molecule is CS(=O)(=O)Oc1ccc2c(NC(N)=O)c(C(=O)c3ccccc3)oc2c1. The molecule has 2 amide bonds. The Bertz CT molecular complexity index is 1100. The Morgan fingerprint density at radius 3 is 2.42 bits per heavy atom. The number of nitrogens with two attached hydrogens (primary N) is 1. The predicted molar refractivity (Wildman–Crippen MR) is 94.8 cm³/mol. The van der Waals surface area contributed by atoms with E-state index in [4.69, 9.17) is 14.3 Å². The van der Waals surface area contributed by atoms with Crippen LogP contribution in [0.25, 0.3) is 11.0 Å². The third kappa shape index (κ3) is 3.67. The fraction of sp³-hybridized carbons (Fsp3) is 0.0588. The molecule has 8 nitrogen and oxygen atoms in total. The molecule has 3 N–H and O–H groups in total. The monoisotopic (exact) mass is 374 g/mol. The Labute approximate surface area is 148 Å². The maximum Gasteiger partial charge on any atom is 0.316 e. The largest absolute Gasteiger partial charge is 0.450 e. The molecule has 9 heteroatoms. The van der Waals surface area contributed by atoms with Crippen molar-refractivity contribution >= 4 is 38.6 Å². The number of urea groups is 1. The van der Waals surface area contributed by atoms with Crippen LogP contribution in [-0.4, -0.2) is 26.5 Å². The summed E-state index contributed by atoms with van der Waals surface area (Å²) >= 11 is 0. The lowest BCUT2D eigenvalue weighted by Gasteiger charge is -2.03. The molecule has 0 saturated heterocycles. The maximum atomic E-state index is 12.7. The topological polar surface area (TPSA) is 129 Å². The standard InChI is InChI=1S/C17H14N2O6S/c1-26(22,23)25-11-7-8-12-13(9-11)24-16(14(12)19-17(18)21)15(20)10-5-3-2-4-6-10/h2-9H,1H3,(H3,18,19,21). The van der Waals surface area contributed by atoms with E-state index in [1.807, 2.05) is 0 Å². The number of rotatable bonds is 5. The first-order valence-electron chi connectivity index (χ1n) is 7.37. The smallest absolute Gasteiger partial charge is 0.316 e. The van der Waals surface area contributed by atoms with Gasteiger partial charge in [-0.15, -0.1) is 0 Å². The molecule has 1 heterocycles. The molecule has 0 aliphatic carbocycles. The van der Waals surface area contributed by atoms with E-state index >= 15 is 0 Å². The summed E-state index contributed by atoms with van der Waals surface area (Å²) in [6.07, 6.45) is 0.907. The Morgan fingerprint density at radius 1 is 1.12 bits per heavy atom. The van der Waals surface area contributed by atoms with Gasteiger partial charge < -0.3 is 19.7 Å². The highest BCUT2D eigenvalue weighted by molar-refractivity contribution is 7.86. The highest BCUT2D eigenvalue weighted by Gasteiger charge is 2.23. The average molecular weight is 374 g/mol. The number of fused-ring (bicyclic) bond motifs is 1. The van der Waals surface area contributed by atoms with Crippen molar-refractivity contribution in [3.8, 4) is 5.75 Å². The molecule has 0 saturated carbocycles. The number of carbonyl (C=O) groups excluding carboxylic acids is 2. The van der Waals surface area contributed by atoms with Crippen molar-refractivity contribution in [2.45, 2.75) is 0 Å². The molecule has 0 bridgehead atoms. The van der Waals surface area contributed by atoms with Gasteiger partial charge in [0.05, 0.1) is 6.26 Å². The maximum absolute atomic E-state index is 12.7. The van der Waals surface area contributed by atoms with E-state index in [0.717, 1.165) is 6.26 Å². The van der Waals surface area contributed by atoms with Crippen LogP contribution in [0, 0.1) is 0 Å². The first-order valence-corrected chi connectivity index (χ1v) is 9.18. The van der Waals surface area contributed by atoms with Crippen LogP contribution in [0.3, 0.4) is 0 Å². The zero-order valence-corrected chi connectivity index (χ0v) is 14.4. The van der Waals surface area contributed by atoms with Crippen LogP contribution < -0.4 is 15.2 Å². The van der Waals surface area contributed by atoms with E-state index in [-0.39, 0.29) is 22.8 Å². The van der Waals surface area contributed by atoms with Gasteiger partial charge in [0.15, 0.2) is 5.76 Å². The number of carbonyl (C=O) groups is 2. The van der Waals surface area contributed by atoms with Crippen LogP contribution in [-0.2, 0) is 10.1 Å². The summed E-state index contributed by atoms with van der Waals surface area (Å²) in [5.41, 5.74) is 5.81. The lowest BCUT2D eigenvalue weighted by molar-refractivity contribution is 0.101. The molecule has 0 atom stereocenters. The molecular weight excluding hydrogens is 360 g/mol. The number of primary amides is 1. The van der Waals surface area contributed by atoms with Crippen LogP contribution in [0.1, 0.15) is 16.1 Å². The van der Waals surface area contributed by atoms with Crippen LogP contribution in [0.5, 0.6) is 5.75 Å². The molecule has 3 rings (SSSR count). The summed E-state index contributed by atoms with van der Waals surface area (Å²) in [4.78, 5) is 24.0. The zero-order chi connectivity index (χ0) is 18.9. The summed E-state index contributed by atoms with van der Waals surface area (Å²) in [6, 6.07) is 11.6. The minimum atomic E-state index is -3.73. The quantitative estimate of drug-likeness (QED) is 0.521. The molecule has 3 aromatic rings. The summed E-state index contributed by atoms with van der Waals surface area (Å²) in [6.45, 7) is 0. The lowest BCUT2D eigenvalue weighted by atomic mass is 10.1. The molecule has 1 aromatic heterocycles. The van der Waals surface area contributed by atoms with Crippen LogP contribution in [0.15, 0.2) is 52.9 Å². The van der Waals surface area contributed by atoms with Crippen LogP contribution >= 0.6 is 0 Å². The molecule has 26 heavy (non-hydrogen) atoms. The summed E-state index contributed by atoms with van der Waals surface area (Å²) in [5.74, 6) is -0.573. The average Bonchev–Trinajstić information content (AvgIpc) is 2.90. The van der Waals surface area contributed by atoms with E-state index in [9.17, 15) is 18.0 Å². The Hall–Kier alpha value is -3.33. The number of nitrogens with one attached hydrogen (secondary N) is 1. The van der Waals surface area contributed by atoms with Gasteiger partial charge in [-0.2, -0.15) is 8.42 Å². The zero-order valence-electron chi connectivity index (χ0n) is 13.6. The van der Waals surface area contributed by atoms with Crippen molar-refractivity contribution in [1.82, 2.24) is 0 Å². The molecule has 2 aromatic carbocycles. The summed E-state index contributed by atoms with van der Waals surface area (Å²) in [5, 5.41) is 2.76. The van der Waals surface area contributed by atoms with Crippen molar-refractivity contribution in [3.05, 3.63) is 59.9 Å². The second kappa shape index (κ2) is 6.52. The van der Waals surface area contributed by atoms with Gasteiger partial charge in [0.1, 0.15) is 17.0 Å². The fourth-order valence-corrected chi connectivity index (χ4v) is 2.88. The minimum absolute atomic E-state index is 0.0121. The lowest BCUT2D eigenvalue weighted by Crippen LogP contribution is -2.20. The van der Waals surface area contributed by atoms with Crippen molar-refractivity contribution in [2.24, 2.45) is 5.73 Å². The van der Waals surface area contributed by atoms with Gasteiger partial charge in [0.25, 0.3) is 0 Å². The Balaban J connectivity index is 2.14. The van der Waals surface area contributed by atoms with E-state index in [1.54, 1.807) is 30.3 Å². The van der Waals surface area contributed by atoms with Gasteiger partial charge in [-0.05, 0) is 12.1 Å². The molecule has 0 aliphatic rings. The minimum Gasteiger partial charge on any atom is -0.450 e. The third-order valence-corrected chi connectivity index (χ3v) is 3.89. The molecule has 0 aliphatic heterocycles. The normalized spacial score (nSPS) is 11.3. The number of amides is 2. The van der Waals surface area contributed by atoms with Gasteiger partial charge in [0, 0.05) is 17.0 Å². The van der Waals surface area contributed by atoms with Gasteiger partial charge in [-0.25, -0.2) is 4.79 Å². The number of ketones is 1. The highest BCUT2D eigenvalue weighted by Crippen LogP contribution is 2.34. The third-order valence-electron chi connectivity index (χ3n) is 3.40. The van der Waals surface area contributed by atoms with Crippen LogP contribution in [0.4, 0.5) is 10.5 Å². The van der Waals surface area contributed by atoms with Crippen molar-refractivity contribution in [1.29, 1.82) is 0 Å². The molecule has 0 radical (unpaired) electrons. The number of furan rings is 1. The summed E-state index contributed by atoms with van der Waals surface area (Å²) < 4.78 is 32.9. The second-order valence-electron chi connectivity index (χ2n) is 5.44. The first kappa shape index (κ1) is 17.5. The number of anilines is 1. The molecule has 0 unspecified atom stereocenters. The van der Waals surface area contributed by atoms with E-state index in [0.29, 0.717) is 10.9 Å². The summed E-state index contributed by atoms with van der Waals surface area (Å²) in [7, 11) is -3.73. The first-order chi connectivity index (χ1) is 12.2. The second-order valence-corrected chi connectivity index (χ2v) is 7.01. The predicted octanol–water partition coefficient (Wildman–Crippen LogP) is 2.49. The molecule has 0 fully saturated rings. The Kier molecular flexibility index (Phi) is 4.39. The molecule has 0 spiro atoms. The molecular formula is C17H14N2O6S. The van der Waals surface area contributed by atoms with E-state index < -0.39 is 21.9 Å². The molecule has 134 valence electrons. The highest BCUT2D eigenvalue weighted by atomic mass is 32.2. The van der Waals surface area contributed by atoms with Crippen LogP contribution in [0.2, 0.25) is 0 Å². The van der Waals surface area contributed by atoms with Crippen molar-refractivity contribution in [3.63, 3.8) is 0 Å². The van der Waals surface area contributed by atoms with E-state index in [2.05, 4.69) is 5.32 Å². The number of hydrogen-bond donors (Lipinski definition) is 2.